The van der Waals surface area contributed by atoms with Crippen molar-refractivity contribution in [1.29, 1.82) is 0 Å². The molecular weight excluding hydrogens is 296 g/mol. The van der Waals surface area contributed by atoms with Crippen LogP contribution in [0.25, 0.3) is 0 Å². The van der Waals surface area contributed by atoms with E-state index in [1.165, 1.54) is 24.3 Å². The van der Waals surface area contributed by atoms with Crippen LogP contribution in [0, 0.1) is 0 Å². The van der Waals surface area contributed by atoms with E-state index < -0.39 is 11.6 Å². The summed E-state index contributed by atoms with van der Waals surface area (Å²) in [6.07, 6.45) is 0.248. The number of phenols is 1. The molecule has 0 heterocycles. The fourth-order valence-corrected chi connectivity index (χ4v) is 2.11. The van der Waals surface area contributed by atoms with Crippen LogP contribution in [-0.4, -0.2) is 28.4 Å². The molecule has 2 rings (SSSR count). The van der Waals surface area contributed by atoms with E-state index in [9.17, 15) is 15.0 Å². The number of aromatic hydroxyl groups is 1. The van der Waals surface area contributed by atoms with E-state index in [4.69, 9.17) is 9.47 Å². The molecule has 0 amide bonds. The molecular formula is C18H20O5. The van der Waals surface area contributed by atoms with Crippen molar-refractivity contribution in [3.05, 3.63) is 60.2 Å². The summed E-state index contributed by atoms with van der Waals surface area (Å²) in [6, 6.07) is 15.5. The van der Waals surface area contributed by atoms with E-state index >= 15 is 0 Å². The summed E-state index contributed by atoms with van der Waals surface area (Å²) in [5.74, 6) is -0.619. The van der Waals surface area contributed by atoms with Gasteiger partial charge in [0.2, 0.25) is 5.60 Å². The number of hydrogen-bond acceptors (Lipinski definition) is 4. The van der Waals surface area contributed by atoms with E-state index in [2.05, 4.69) is 0 Å². The topological polar surface area (TPSA) is 76.0 Å². The lowest BCUT2D eigenvalue weighted by atomic mass is 10.0. The van der Waals surface area contributed by atoms with E-state index in [0.717, 1.165) is 5.56 Å². The van der Waals surface area contributed by atoms with Crippen molar-refractivity contribution in [3.63, 3.8) is 0 Å². The van der Waals surface area contributed by atoms with E-state index in [1.54, 1.807) is 6.92 Å². The van der Waals surface area contributed by atoms with Gasteiger partial charge in [-0.1, -0.05) is 37.3 Å². The third-order valence-corrected chi connectivity index (χ3v) is 3.56. The molecule has 2 N–H and O–H groups in total. The lowest BCUT2D eigenvalue weighted by Crippen LogP contribution is -2.48. The number of carboxylic acid groups (broad SMARTS) is 1. The quantitative estimate of drug-likeness (QED) is 0.782. The number of ether oxygens (including phenoxy) is 2. The van der Waals surface area contributed by atoms with Gasteiger partial charge in [-0.25, -0.2) is 4.79 Å². The summed E-state index contributed by atoms with van der Waals surface area (Å²) in [6.45, 7) is 1.98. The van der Waals surface area contributed by atoms with E-state index in [0.29, 0.717) is 12.4 Å². The molecule has 0 aliphatic carbocycles. The van der Waals surface area contributed by atoms with Crippen molar-refractivity contribution in [3.8, 4) is 11.5 Å². The molecule has 122 valence electrons. The average molecular weight is 316 g/mol. The first-order chi connectivity index (χ1) is 11.1. The zero-order valence-electron chi connectivity index (χ0n) is 12.9. The number of benzene rings is 2. The standard InChI is InChI=1S/C18H20O5/c1-2-18(17(20)21,23-16-10-8-15(19)9-11-16)13-22-12-14-6-4-3-5-7-14/h3-11,19H,2,12-13H2,1H3,(H,20,21). The van der Waals surface area contributed by atoms with Gasteiger partial charge in [0.25, 0.3) is 0 Å². The van der Waals surface area contributed by atoms with Gasteiger partial charge in [0.15, 0.2) is 0 Å². The predicted octanol–water partition coefficient (Wildman–Crippen LogP) is 3.22. The van der Waals surface area contributed by atoms with Crippen molar-refractivity contribution in [2.75, 3.05) is 6.61 Å². The fourth-order valence-electron chi connectivity index (χ4n) is 2.11. The van der Waals surface area contributed by atoms with Crippen molar-refractivity contribution >= 4 is 5.97 Å². The number of hydrogen-bond donors (Lipinski definition) is 2. The van der Waals surface area contributed by atoms with Crippen molar-refractivity contribution < 1.29 is 24.5 Å². The van der Waals surface area contributed by atoms with Crippen LogP contribution >= 0.6 is 0 Å². The molecule has 1 atom stereocenters. The largest absolute Gasteiger partial charge is 0.508 e. The summed E-state index contributed by atoms with van der Waals surface area (Å²) in [5.41, 5.74) is -0.501. The first-order valence-corrected chi connectivity index (χ1v) is 7.39. The molecule has 5 heteroatoms. The minimum absolute atomic E-state index is 0.0748. The molecule has 0 spiro atoms. The Morgan fingerprint density at radius 2 is 1.74 bits per heavy atom. The highest BCUT2D eigenvalue weighted by atomic mass is 16.6. The minimum atomic E-state index is -1.47. The van der Waals surface area contributed by atoms with Gasteiger partial charge in [0.1, 0.15) is 11.5 Å². The first kappa shape index (κ1) is 16.8. The maximum absolute atomic E-state index is 11.7. The van der Waals surface area contributed by atoms with Crippen LogP contribution in [0.1, 0.15) is 18.9 Å². The van der Waals surface area contributed by atoms with Crippen molar-refractivity contribution in [2.24, 2.45) is 0 Å². The highest BCUT2D eigenvalue weighted by Gasteiger charge is 2.40. The molecule has 0 aliphatic rings. The SMILES string of the molecule is CCC(COCc1ccccc1)(Oc1ccc(O)cc1)C(=O)O. The van der Waals surface area contributed by atoms with Crippen molar-refractivity contribution in [2.45, 2.75) is 25.6 Å². The fraction of sp³-hybridized carbons (Fsp3) is 0.278. The second-order valence-electron chi connectivity index (χ2n) is 5.23. The van der Waals surface area contributed by atoms with Gasteiger partial charge in [-0.05, 0) is 36.2 Å². The Bertz CT molecular complexity index is 624. The van der Waals surface area contributed by atoms with Crippen LogP contribution in [0.4, 0.5) is 0 Å². The zero-order chi connectivity index (χ0) is 16.7. The summed E-state index contributed by atoms with van der Waals surface area (Å²) in [4.78, 5) is 11.7. The average Bonchev–Trinajstić information content (AvgIpc) is 2.56. The predicted molar refractivity (Wildman–Crippen MR) is 85.5 cm³/mol. The molecule has 0 fully saturated rings. The third kappa shape index (κ3) is 4.47. The summed E-state index contributed by atoms with van der Waals surface area (Å²) < 4.78 is 11.2. The molecule has 0 aromatic heterocycles. The molecule has 23 heavy (non-hydrogen) atoms. The molecule has 5 nitrogen and oxygen atoms in total. The molecule has 2 aromatic rings. The van der Waals surface area contributed by atoms with Crippen LogP contribution in [0.15, 0.2) is 54.6 Å². The Morgan fingerprint density at radius 3 is 2.30 bits per heavy atom. The smallest absolute Gasteiger partial charge is 0.350 e. The Hall–Kier alpha value is -2.53. The molecule has 0 aliphatic heterocycles. The number of phenolic OH excluding ortho intramolecular Hbond substituents is 1. The monoisotopic (exact) mass is 316 g/mol. The molecule has 0 radical (unpaired) electrons. The van der Waals surface area contributed by atoms with Gasteiger partial charge in [0.05, 0.1) is 13.2 Å². The van der Waals surface area contributed by atoms with Gasteiger partial charge in [-0.15, -0.1) is 0 Å². The molecule has 2 aromatic carbocycles. The Morgan fingerprint density at radius 1 is 1.09 bits per heavy atom. The third-order valence-electron chi connectivity index (χ3n) is 3.56. The second kappa shape index (κ2) is 7.65. The number of aliphatic carboxylic acids is 1. The maximum atomic E-state index is 11.7. The number of carboxylic acids is 1. The van der Waals surface area contributed by atoms with Crippen molar-refractivity contribution in [1.82, 2.24) is 0 Å². The second-order valence-corrected chi connectivity index (χ2v) is 5.23. The summed E-state index contributed by atoms with van der Waals surface area (Å²) >= 11 is 0. The Labute approximate surface area is 135 Å². The summed E-state index contributed by atoms with van der Waals surface area (Å²) in [7, 11) is 0. The molecule has 0 bridgehead atoms. The van der Waals surface area contributed by atoms with E-state index in [-0.39, 0.29) is 18.8 Å². The minimum Gasteiger partial charge on any atom is -0.508 e. The highest BCUT2D eigenvalue weighted by Crippen LogP contribution is 2.25. The van der Waals surface area contributed by atoms with Crippen LogP contribution in [0.5, 0.6) is 11.5 Å². The van der Waals surface area contributed by atoms with Crippen LogP contribution in [0.3, 0.4) is 0 Å². The Kier molecular flexibility index (Phi) is 5.60. The summed E-state index contributed by atoms with van der Waals surface area (Å²) in [5, 5.41) is 18.9. The maximum Gasteiger partial charge on any atom is 0.350 e. The van der Waals surface area contributed by atoms with Gasteiger partial charge in [0, 0.05) is 0 Å². The van der Waals surface area contributed by atoms with Gasteiger partial charge >= 0.3 is 5.97 Å². The van der Waals surface area contributed by atoms with Gasteiger partial charge in [-0.2, -0.15) is 0 Å². The first-order valence-electron chi connectivity index (χ1n) is 7.39. The van der Waals surface area contributed by atoms with Crippen LogP contribution < -0.4 is 4.74 Å². The van der Waals surface area contributed by atoms with Crippen LogP contribution in [-0.2, 0) is 16.1 Å². The van der Waals surface area contributed by atoms with E-state index in [1.807, 2.05) is 30.3 Å². The van der Waals surface area contributed by atoms with Crippen LogP contribution in [0.2, 0.25) is 0 Å². The number of carbonyl (C=O) groups is 1. The Balaban J connectivity index is 2.05. The molecule has 1 unspecified atom stereocenters. The molecule has 0 saturated heterocycles. The molecule has 0 saturated carbocycles. The van der Waals surface area contributed by atoms with Gasteiger partial charge < -0.3 is 19.7 Å². The normalized spacial score (nSPS) is 13.3. The van der Waals surface area contributed by atoms with Gasteiger partial charge in [-0.3, -0.25) is 0 Å². The lowest BCUT2D eigenvalue weighted by molar-refractivity contribution is -0.162. The highest BCUT2D eigenvalue weighted by molar-refractivity contribution is 5.78. The lowest BCUT2D eigenvalue weighted by Gasteiger charge is -2.29. The number of rotatable bonds is 8. The zero-order valence-corrected chi connectivity index (χ0v) is 12.9.